The van der Waals surface area contributed by atoms with Gasteiger partial charge in [-0.2, -0.15) is 5.10 Å². The first-order valence-electron chi connectivity index (χ1n) is 4.88. The highest BCUT2D eigenvalue weighted by Gasteiger charge is 2.16. The number of rotatable bonds is 0. The van der Waals surface area contributed by atoms with Crippen LogP contribution in [-0.4, -0.2) is 15.5 Å². The van der Waals surface area contributed by atoms with Crippen molar-refractivity contribution in [1.29, 1.82) is 0 Å². The van der Waals surface area contributed by atoms with Crippen LogP contribution in [0.2, 0.25) is 0 Å². The quantitative estimate of drug-likeness (QED) is 0.652. The van der Waals surface area contributed by atoms with E-state index in [0.29, 0.717) is 6.61 Å². The van der Waals surface area contributed by atoms with Crippen LogP contribution in [0.3, 0.4) is 0 Å². The van der Waals surface area contributed by atoms with Gasteiger partial charge in [0.1, 0.15) is 6.61 Å². The molecule has 76 valence electrons. The second kappa shape index (κ2) is 2.82. The molecule has 0 unspecified atom stereocenters. The zero-order valence-electron chi connectivity index (χ0n) is 8.69. The number of hydrogen-bond donors (Lipinski definition) is 0. The molecule has 4 heteroatoms. The van der Waals surface area contributed by atoms with E-state index in [1.165, 1.54) is 11.1 Å². The molecule has 0 saturated heterocycles. The molecule has 0 bridgehead atoms. The third-order valence-electron chi connectivity index (χ3n) is 2.84. The monoisotopic (exact) mass is 201 g/mol. The van der Waals surface area contributed by atoms with Crippen LogP contribution in [0.25, 0.3) is 10.9 Å². The van der Waals surface area contributed by atoms with Crippen molar-refractivity contribution >= 4 is 16.6 Å². The highest BCUT2D eigenvalue weighted by molar-refractivity contribution is 6.04. The molecule has 0 spiro atoms. The molecule has 0 saturated carbocycles. The van der Waals surface area contributed by atoms with Gasteiger partial charge in [0.2, 0.25) is 0 Å². The predicted molar refractivity (Wildman–Crippen MR) is 57.7 cm³/mol. The van der Waals surface area contributed by atoms with Gasteiger partial charge in [-0.1, -0.05) is 11.2 Å². The Morgan fingerprint density at radius 3 is 3.13 bits per heavy atom. The molecule has 1 aliphatic rings. The van der Waals surface area contributed by atoms with E-state index in [9.17, 15) is 0 Å². The van der Waals surface area contributed by atoms with Crippen LogP contribution in [0, 0.1) is 0 Å². The lowest BCUT2D eigenvalue weighted by molar-refractivity contribution is 0.127. The second-order valence-electron chi connectivity index (χ2n) is 3.74. The van der Waals surface area contributed by atoms with E-state index in [1.54, 1.807) is 0 Å². The van der Waals surface area contributed by atoms with Gasteiger partial charge < -0.3 is 4.84 Å². The molecular formula is C11H11N3O. The average Bonchev–Trinajstić information content (AvgIpc) is 2.61. The van der Waals surface area contributed by atoms with Crippen LogP contribution in [0.4, 0.5) is 0 Å². The van der Waals surface area contributed by atoms with Gasteiger partial charge in [-0.3, -0.25) is 4.68 Å². The smallest absolute Gasteiger partial charge is 0.143 e. The number of oxime groups is 1. The molecule has 1 aromatic carbocycles. The number of fused-ring (bicyclic) bond motifs is 3. The highest BCUT2D eigenvalue weighted by atomic mass is 16.6. The van der Waals surface area contributed by atoms with Crippen LogP contribution in [-0.2, 0) is 18.5 Å². The first-order chi connectivity index (χ1) is 7.27. The zero-order chi connectivity index (χ0) is 10.4. The largest absolute Gasteiger partial charge is 0.391 e. The topological polar surface area (TPSA) is 39.4 Å². The summed E-state index contributed by atoms with van der Waals surface area (Å²) in [5, 5.41) is 9.38. The zero-order valence-corrected chi connectivity index (χ0v) is 8.69. The molecule has 0 radical (unpaired) electrons. The van der Waals surface area contributed by atoms with Crippen LogP contribution < -0.4 is 0 Å². The van der Waals surface area contributed by atoms with Gasteiger partial charge in [-0.15, -0.1) is 0 Å². The van der Waals surface area contributed by atoms with Crippen LogP contribution in [0.5, 0.6) is 0 Å². The van der Waals surface area contributed by atoms with Gasteiger partial charge in [0.15, 0.2) is 0 Å². The van der Waals surface area contributed by atoms with Gasteiger partial charge >= 0.3 is 0 Å². The molecule has 0 amide bonds. The SMILES string of the molecule is CC1=NOCc2c1ccc1c2cnn1C. The molecule has 0 aliphatic carbocycles. The standard InChI is InChI=1S/C11H11N3O/c1-7-8-3-4-11-9(5-12-14(11)2)10(8)6-15-13-7/h3-5H,6H2,1-2H3. The lowest BCUT2D eigenvalue weighted by Crippen LogP contribution is -2.08. The molecule has 1 aliphatic heterocycles. The summed E-state index contributed by atoms with van der Waals surface area (Å²) in [4.78, 5) is 5.18. The molecule has 2 heterocycles. The Labute approximate surface area is 87.1 Å². The van der Waals surface area contributed by atoms with E-state index < -0.39 is 0 Å². The number of aromatic nitrogens is 2. The van der Waals surface area contributed by atoms with E-state index in [1.807, 2.05) is 24.9 Å². The van der Waals surface area contributed by atoms with Gasteiger partial charge in [-0.25, -0.2) is 0 Å². The molecule has 0 N–H and O–H groups in total. The highest BCUT2D eigenvalue weighted by Crippen LogP contribution is 2.25. The van der Waals surface area contributed by atoms with Crippen LogP contribution in [0.1, 0.15) is 18.1 Å². The van der Waals surface area contributed by atoms with E-state index in [0.717, 1.165) is 16.6 Å². The number of nitrogens with zero attached hydrogens (tertiary/aromatic N) is 3. The van der Waals surface area contributed by atoms with E-state index in [-0.39, 0.29) is 0 Å². The van der Waals surface area contributed by atoms with Gasteiger partial charge in [0.05, 0.1) is 17.4 Å². The first kappa shape index (κ1) is 8.47. The lowest BCUT2D eigenvalue weighted by atomic mass is 10.00. The summed E-state index contributed by atoms with van der Waals surface area (Å²) in [5.74, 6) is 0. The number of aryl methyl sites for hydroxylation is 1. The fourth-order valence-corrected chi connectivity index (χ4v) is 2.02. The molecule has 15 heavy (non-hydrogen) atoms. The Bertz CT molecular complexity index is 568. The van der Waals surface area contributed by atoms with Crippen molar-refractivity contribution in [3.63, 3.8) is 0 Å². The normalized spacial score (nSPS) is 14.7. The summed E-state index contributed by atoms with van der Waals surface area (Å²) < 4.78 is 1.87. The molecule has 3 rings (SSSR count). The van der Waals surface area contributed by atoms with Crippen molar-refractivity contribution in [2.75, 3.05) is 0 Å². The minimum absolute atomic E-state index is 0.537. The van der Waals surface area contributed by atoms with E-state index in [4.69, 9.17) is 4.84 Å². The average molecular weight is 201 g/mol. The fraction of sp³-hybridized carbons (Fsp3) is 0.273. The Morgan fingerprint density at radius 2 is 2.27 bits per heavy atom. The van der Waals surface area contributed by atoms with Crippen molar-refractivity contribution in [2.24, 2.45) is 12.2 Å². The molecule has 0 fully saturated rings. The summed E-state index contributed by atoms with van der Waals surface area (Å²) in [6.07, 6.45) is 1.89. The maximum absolute atomic E-state index is 5.18. The van der Waals surface area contributed by atoms with Crippen LogP contribution in [0.15, 0.2) is 23.5 Å². The third kappa shape index (κ3) is 1.08. The summed E-state index contributed by atoms with van der Waals surface area (Å²) in [7, 11) is 1.94. The summed E-state index contributed by atoms with van der Waals surface area (Å²) in [6, 6.07) is 4.16. The second-order valence-corrected chi connectivity index (χ2v) is 3.74. The maximum Gasteiger partial charge on any atom is 0.143 e. The van der Waals surface area contributed by atoms with Crippen molar-refractivity contribution < 1.29 is 4.84 Å². The third-order valence-corrected chi connectivity index (χ3v) is 2.84. The Hall–Kier alpha value is -1.84. The number of hydrogen-bond acceptors (Lipinski definition) is 3. The number of benzene rings is 1. The van der Waals surface area contributed by atoms with Crippen LogP contribution >= 0.6 is 0 Å². The maximum atomic E-state index is 5.18. The predicted octanol–water partition coefficient (Wildman–Crippen LogP) is 1.83. The van der Waals surface area contributed by atoms with E-state index in [2.05, 4.69) is 22.4 Å². The molecule has 2 aromatic rings. The minimum Gasteiger partial charge on any atom is -0.391 e. The molecule has 0 atom stereocenters. The first-order valence-corrected chi connectivity index (χ1v) is 4.88. The van der Waals surface area contributed by atoms with Crippen molar-refractivity contribution in [2.45, 2.75) is 13.5 Å². The van der Waals surface area contributed by atoms with Crippen molar-refractivity contribution in [3.05, 3.63) is 29.5 Å². The summed E-state index contributed by atoms with van der Waals surface area (Å²) in [5.41, 5.74) is 4.42. The van der Waals surface area contributed by atoms with Gasteiger partial charge in [-0.05, 0) is 13.0 Å². The van der Waals surface area contributed by atoms with Crippen molar-refractivity contribution in [1.82, 2.24) is 9.78 Å². The summed E-state index contributed by atoms with van der Waals surface area (Å²) in [6.45, 7) is 2.50. The fourth-order valence-electron chi connectivity index (χ4n) is 2.02. The summed E-state index contributed by atoms with van der Waals surface area (Å²) >= 11 is 0. The van der Waals surface area contributed by atoms with Gasteiger partial charge in [0.25, 0.3) is 0 Å². The van der Waals surface area contributed by atoms with Crippen molar-refractivity contribution in [3.8, 4) is 0 Å². The Balaban J connectivity index is 2.40. The lowest BCUT2D eigenvalue weighted by Gasteiger charge is -2.14. The Morgan fingerprint density at radius 1 is 1.40 bits per heavy atom. The Kier molecular flexibility index (Phi) is 1.59. The van der Waals surface area contributed by atoms with Gasteiger partial charge in [0, 0.05) is 23.6 Å². The molecule has 1 aromatic heterocycles. The molecular weight excluding hydrogens is 190 g/mol. The molecule has 4 nitrogen and oxygen atoms in total. The van der Waals surface area contributed by atoms with E-state index >= 15 is 0 Å². The minimum atomic E-state index is 0.537.